The highest BCUT2D eigenvalue weighted by molar-refractivity contribution is 7.88. The molecule has 1 saturated carbocycles. The van der Waals surface area contributed by atoms with Crippen LogP contribution in [-0.2, 0) is 26.0 Å². The molecule has 3 aliphatic heterocycles. The van der Waals surface area contributed by atoms with Gasteiger partial charge in [-0.3, -0.25) is 14.5 Å². The molecular formula is C30H42N8O5S. The zero-order valence-corrected chi connectivity index (χ0v) is 26.8. The topological polar surface area (TPSA) is 132 Å². The van der Waals surface area contributed by atoms with E-state index in [1.807, 2.05) is 24.0 Å². The number of sulfonamides is 1. The average molecular weight is 627 g/mol. The van der Waals surface area contributed by atoms with E-state index in [0.29, 0.717) is 68.6 Å². The summed E-state index contributed by atoms with van der Waals surface area (Å²) in [7, 11) is 0.168. The Morgan fingerprint density at radius 2 is 1.82 bits per heavy atom. The molecule has 0 radical (unpaired) electrons. The predicted molar refractivity (Wildman–Crippen MR) is 169 cm³/mol. The number of fused-ring (bicyclic) bond motifs is 2. The van der Waals surface area contributed by atoms with Crippen molar-refractivity contribution in [2.24, 2.45) is 0 Å². The van der Waals surface area contributed by atoms with E-state index in [0.717, 1.165) is 42.8 Å². The number of benzene rings is 1. The van der Waals surface area contributed by atoms with Crippen LogP contribution in [0.4, 0.5) is 28.8 Å². The van der Waals surface area contributed by atoms with Gasteiger partial charge in [-0.15, -0.1) is 0 Å². The first-order valence-electron chi connectivity index (χ1n) is 15.5. The number of hydrogen-bond acceptors (Lipinski definition) is 10. The maximum Gasteiger partial charge on any atom is 0.249 e. The van der Waals surface area contributed by atoms with Crippen LogP contribution in [-0.4, -0.2) is 111 Å². The third-order valence-corrected chi connectivity index (χ3v) is 10.7. The first-order valence-corrected chi connectivity index (χ1v) is 17.3. The van der Waals surface area contributed by atoms with Crippen LogP contribution in [0.5, 0.6) is 5.75 Å². The van der Waals surface area contributed by atoms with E-state index in [1.54, 1.807) is 30.2 Å². The van der Waals surface area contributed by atoms with Gasteiger partial charge in [0.1, 0.15) is 17.5 Å². The van der Waals surface area contributed by atoms with Gasteiger partial charge in [0.15, 0.2) is 5.82 Å². The molecule has 0 unspecified atom stereocenters. The molecule has 4 heterocycles. The summed E-state index contributed by atoms with van der Waals surface area (Å²) in [6.45, 7) is 4.63. The molecule has 1 atom stereocenters. The Balaban J connectivity index is 1.24. The Morgan fingerprint density at radius 1 is 1.09 bits per heavy atom. The van der Waals surface area contributed by atoms with Gasteiger partial charge in [0.05, 0.1) is 31.8 Å². The number of nitrogens with zero attached hydrogens (tertiary/aromatic N) is 7. The van der Waals surface area contributed by atoms with Crippen LogP contribution < -0.4 is 24.8 Å². The largest absolute Gasteiger partial charge is 0.495 e. The number of methoxy groups -OCH3 is 1. The maximum atomic E-state index is 13.5. The van der Waals surface area contributed by atoms with E-state index >= 15 is 0 Å². The van der Waals surface area contributed by atoms with Crippen molar-refractivity contribution in [3.63, 3.8) is 0 Å². The molecule has 1 aromatic carbocycles. The smallest absolute Gasteiger partial charge is 0.249 e. The molecule has 4 aliphatic rings. The number of rotatable bonds is 8. The molecule has 2 amide bonds. The second-order valence-electron chi connectivity index (χ2n) is 12.1. The van der Waals surface area contributed by atoms with Crippen molar-refractivity contribution in [1.82, 2.24) is 19.2 Å². The summed E-state index contributed by atoms with van der Waals surface area (Å²) in [4.78, 5) is 43.9. The number of nitrogens with one attached hydrogen (secondary N) is 1. The summed E-state index contributed by atoms with van der Waals surface area (Å²) in [5.74, 6) is 1.82. The third kappa shape index (κ3) is 5.70. The zero-order valence-electron chi connectivity index (χ0n) is 26.0. The van der Waals surface area contributed by atoms with Crippen LogP contribution in [0.25, 0.3) is 0 Å². The van der Waals surface area contributed by atoms with Crippen LogP contribution in [0.2, 0.25) is 0 Å². The molecular weight excluding hydrogens is 584 g/mol. The Kier molecular flexibility index (Phi) is 8.42. The first kappa shape index (κ1) is 30.5. The molecule has 14 heteroatoms. The monoisotopic (exact) mass is 626 g/mol. The summed E-state index contributed by atoms with van der Waals surface area (Å²) in [5, 5.41) is 3.35. The van der Waals surface area contributed by atoms with Crippen LogP contribution in [0.3, 0.4) is 0 Å². The average Bonchev–Trinajstić information content (AvgIpc) is 3.68. The van der Waals surface area contributed by atoms with Crippen LogP contribution in [0.1, 0.15) is 44.6 Å². The second kappa shape index (κ2) is 12.1. The van der Waals surface area contributed by atoms with Crippen molar-refractivity contribution < 1.29 is 22.7 Å². The number of amides is 2. The fourth-order valence-electron chi connectivity index (χ4n) is 7.00. The van der Waals surface area contributed by atoms with Gasteiger partial charge in [0.2, 0.25) is 27.8 Å². The maximum absolute atomic E-state index is 13.5. The second-order valence-corrected chi connectivity index (χ2v) is 14.1. The fraction of sp³-hybridized carbons (Fsp3) is 0.600. The normalized spacial score (nSPS) is 21.5. The van der Waals surface area contributed by atoms with Crippen molar-refractivity contribution in [2.75, 3.05) is 79.7 Å². The van der Waals surface area contributed by atoms with Crippen molar-refractivity contribution in [2.45, 2.75) is 57.5 Å². The highest BCUT2D eigenvalue weighted by Crippen LogP contribution is 2.42. The lowest BCUT2D eigenvalue weighted by Gasteiger charge is -2.43. The summed E-state index contributed by atoms with van der Waals surface area (Å²) < 4.78 is 30.9. The van der Waals surface area contributed by atoms with Gasteiger partial charge in [-0.2, -0.15) is 9.29 Å². The Labute approximate surface area is 259 Å². The summed E-state index contributed by atoms with van der Waals surface area (Å²) in [6, 6.07) is 3.88. The first-order chi connectivity index (χ1) is 21.1. The van der Waals surface area contributed by atoms with Gasteiger partial charge in [0, 0.05) is 51.5 Å². The van der Waals surface area contributed by atoms with Gasteiger partial charge < -0.3 is 24.8 Å². The van der Waals surface area contributed by atoms with E-state index in [1.165, 1.54) is 10.6 Å². The van der Waals surface area contributed by atoms with Gasteiger partial charge in [-0.05, 0) is 43.4 Å². The number of hydrogen-bond donors (Lipinski definition) is 1. The summed E-state index contributed by atoms with van der Waals surface area (Å²) in [5.41, 5.74) is 3.18. The van der Waals surface area contributed by atoms with E-state index in [4.69, 9.17) is 9.72 Å². The number of carbonyl (C=O) groups excluding carboxylic acids is 2. The van der Waals surface area contributed by atoms with Crippen molar-refractivity contribution >= 4 is 50.7 Å². The molecule has 1 aromatic heterocycles. The van der Waals surface area contributed by atoms with Crippen molar-refractivity contribution in [1.29, 1.82) is 0 Å². The number of carbonyl (C=O) groups is 2. The van der Waals surface area contributed by atoms with Gasteiger partial charge in [0.25, 0.3) is 0 Å². The van der Waals surface area contributed by atoms with E-state index < -0.39 is 10.0 Å². The lowest BCUT2D eigenvalue weighted by molar-refractivity contribution is -0.120. The predicted octanol–water partition coefficient (Wildman–Crippen LogP) is 2.20. The van der Waals surface area contributed by atoms with E-state index in [9.17, 15) is 18.0 Å². The molecule has 1 saturated heterocycles. The zero-order chi connectivity index (χ0) is 31.2. The Hall–Kier alpha value is -3.49. The quantitative estimate of drug-likeness (QED) is 0.465. The number of anilines is 5. The van der Waals surface area contributed by atoms with Gasteiger partial charge in [-0.1, -0.05) is 19.8 Å². The summed E-state index contributed by atoms with van der Waals surface area (Å²) >= 11 is 0. The highest BCUT2D eigenvalue weighted by Gasteiger charge is 2.41. The highest BCUT2D eigenvalue weighted by atomic mass is 32.2. The Bertz CT molecular complexity index is 1540. The van der Waals surface area contributed by atoms with Crippen molar-refractivity contribution in [3.8, 4) is 5.75 Å². The molecule has 44 heavy (non-hydrogen) atoms. The van der Waals surface area contributed by atoms with Gasteiger partial charge in [-0.25, -0.2) is 13.4 Å². The Morgan fingerprint density at radius 3 is 2.48 bits per heavy atom. The fourth-order valence-corrected chi connectivity index (χ4v) is 7.83. The van der Waals surface area contributed by atoms with E-state index in [2.05, 4.69) is 15.2 Å². The van der Waals surface area contributed by atoms with Crippen molar-refractivity contribution in [3.05, 3.63) is 23.9 Å². The molecule has 0 bridgehead atoms. The third-order valence-electron chi connectivity index (χ3n) is 9.42. The number of piperazine rings is 1. The lowest BCUT2D eigenvalue weighted by Crippen LogP contribution is -2.55. The van der Waals surface area contributed by atoms with Crippen LogP contribution in [0, 0.1) is 0 Å². The number of aromatic nitrogens is 2. The molecule has 0 spiro atoms. The standard InChI is InChI=1S/C30H42N8O5S/c1-5-23-29(40)34(2)25-18-31-30(33-28(25)38(23)21-8-6-7-9-21)32-22-17-24-20(16-26(22)43-3)10-11-37(24)27(39)19-35-12-14-36(15-13-35)44(4,41)42/h16-18,21,23H,5-15,19H2,1-4H3,(H,31,32,33)/t23-/m1/s1. The molecule has 13 nitrogen and oxygen atoms in total. The molecule has 238 valence electrons. The SMILES string of the molecule is CC[C@@H]1C(=O)N(C)c2cnc(Nc3cc4c(cc3OC)CCN4C(=O)CN3CCN(S(C)(=O)=O)CC3)nc2N1C1CCCC1. The minimum absolute atomic E-state index is 0.0248. The van der Waals surface area contributed by atoms with E-state index in [-0.39, 0.29) is 30.4 Å². The number of ether oxygens (including phenoxy) is 1. The van der Waals surface area contributed by atoms with Gasteiger partial charge >= 0.3 is 0 Å². The van der Waals surface area contributed by atoms with Crippen LogP contribution >= 0.6 is 0 Å². The summed E-state index contributed by atoms with van der Waals surface area (Å²) in [6.07, 6.45) is 8.70. The number of likely N-dealkylation sites (N-methyl/N-ethyl adjacent to an activating group) is 1. The molecule has 2 fully saturated rings. The molecule has 2 aromatic rings. The lowest BCUT2D eigenvalue weighted by atomic mass is 10.0. The van der Waals surface area contributed by atoms with Crippen LogP contribution in [0.15, 0.2) is 18.3 Å². The minimum Gasteiger partial charge on any atom is -0.495 e. The molecule has 1 N–H and O–H groups in total. The minimum atomic E-state index is -3.23. The molecule has 1 aliphatic carbocycles. The molecule has 6 rings (SSSR count).